The first-order valence-electron chi connectivity index (χ1n) is 8.84. The van der Waals surface area contributed by atoms with E-state index < -0.39 is 23.3 Å². The number of alkyl halides is 1. The number of pyridine rings is 2. The van der Waals surface area contributed by atoms with Gasteiger partial charge in [0.1, 0.15) is 5.82 Å². The van der Waals surface area contributed by atoms with Crippen molar-refractivity contribution in [1.29, 1.82) is 0 Å². The average molecular weight is 413 g/mol. The zero-order valence-electron chi connectivity index (χ0n) is 15.8. The fourth-order valence-electron chi connectivity index (χ4n) is 2.76. The van der Waals surface area contributed by atoms with Gasteiger partial charge < -0.3 is 5.32 Å². The number of carbonyl (C=O) groups excluding carboxylic acids is 1. The van der Waals surface area contributed by atoms with Gasteiger partial charge in [-0.05, 0) is 66.5 Å². The van der Waals surface area contributed by atoms with Gasteiger partial charge in [-0.2, -0.15) is 0 Å². The molecule has 0 bridgehead atoms. The lowest BCUT2D eigenvalue weighted by atomic mass is 10.0. The SMILES string of the molecule is Cc1ccc(-c2cc(C(=O)N[C@H](C)c3ccc(F)cn3)cc(C(Cl)N=O)c2)nc1. The number of nitrogens with zero attached hydrogens (tertiary/aromatic N) is 3. The third kappa shape index (κ3) is 5.00. The number of hydrogen-bond donors (Lipinski definition) is 1. The van der Waals surface area contributed by atoms with E-state index in [0.29, 0.717) is 28.1 Å². The van der Waals surface area contributed by atoms with E-state index in [-0.39, 0.29) is 0 Å². The quantitative estimate of drug-likeness (QED) is 0.347. The zero-order valence-corrected chi connectivity index (χ0v) is 16.5. The Morgan fingerprint density at radius 1 is 1.14 bits per heavy atom. The van der Waals surface area contributed by atoms with Crippen LogP contribution in [0.3, 0.4) is 0 Å². The topological polar surface area (TPSA) is 84.3 Å². The summed E-state index contributed by atoms with van der Waals surface area (Å²) in [4.78, 5) is 32.1. The van der Waals surface area contributed by atoms with Crippen LogP contribution in [-0.2, 0) is 0 Å². The molecule has 0 aliphatic heterocycles. The lowest BCUT2D eigenvalue weighted by Gasteiger charge is -2.15. The predicted molar refractivity (Wildman–Crippen MR) is 109 cm³/mol. The van der Waals surface area contributed by atoms with Gasteiger partial charge in [0.25, 0.3) is 5.91 Å². The minimum absolute atomic E-state index is 0.295. The van der Waals surface area contributed by atoms with Crippen LogP contribution in [-0.4, -0.2) is 15.9 Å². The first-order valence-corrected chi connectivity index (χ1v) is 9.28. The molecular formula is C21H18ClFN4O2. The number of carbonyl (C=O) groups is 1. The molecule has 0 saturated heterocycles. The molecule has 0 aliphatic carbocycles. The summed E-state index contributed by atoms with van der Waals surface area (Å²) in [6.45, 7) is 3.66. The maximum Gasteiger partial charge on any atom is 0.251 e. The molecule has 148 valence electrons. The highest BCUT2D eigenvalue weighted by Crippen LogP contribution is 2.28. The number of aromatic nitrogens is 2. The second-order valence-electron chi connectivity index (χ2n) is 6.60. The molecule has 0 saturated carbocycles. The summed E-state index contributed by atoms with van der Waals surface area (Å²) in [6, 6.07) is 10.9. The lowest BCUT2D eigenvalue weighted by Crippen LogP contribution is -2.27. The number of amides is 1. The smallest absolute Gasteiger partial charge is 0.251 e. The summed E-state index contributed by atoms with van der Waals surface area (Å²) in [5.41, 5.74) is 2.32. The van der Waals surface area contributed by atoms with Crippen LogP contribution in [0.15, 0.2) is 60.0 Å². The zero-order chi connectivity index (χ0) is 21.0. The second kappa shape index (κ2) is 8.87. The van der Waals surface area contributed by atoms with Crippen molar-refractivity contribution in [1.82, 2.24) is 15.3 Å². The molecule has 2 atom stereocenters. The van der Waals surface area contributed by atoms with Crippen LogP contribution in [0.2, 0.25) is 0 Å². The standard InChI is InChI=1S/C21H18ClFN4O2/c1-12-3-5-19(24-10-12)14-7-15(20(22)27-29)9-16(8-14)21(28)26-13(2)18-6-4-17(23)11-25-18/h3-11,13,20H,1-2H3,(H,26,28)/t13-,20?/m1/s1. The third-order valence-corrected chi connectivity index (χ3v) is 4.67. The Bertz CT molecular complexity index is 1030. The highest BCUT2D eigenvalue weighted by Gasteiger charge is 2.17. The summed E-state index contributed by atoms with van der Waals surface area (Å²) >= 11 is 5.99. The first-order chi connectivity index (χ1) is 13.9. The Morgan fingerprint density at radius 3 is 2.55 bits per heavy atom. The first kappa shape index (κ1) is 20.5. The molecule has 2 heterocycles. The molecule has 0 aliphatic rings. The summed E-state index contributed by atoms with van der Waals surface area (Å²) in [5.74, 6) is -0.849. The Morgan fingerprint density at radius 2 is 1.93 bits per heavy atom. The van der Waals surface area contributed by atoms with E-state index in [0.717, 1.165) is 11.8 Å². The van der Waals surface area contributed by atoms with Gasteiger partial charge in [0, 0.05) is 17.3 Å². The highest BCUT2D eigenvalue weighted by molar-refractivity contribution is 6.20. The van der Waals surface area contributed by atoms with Crippen LogP contribution in [0.1, 0.15) is 45.6 Å². The average Bonchev–Trinajstić information content (AvgIpc) is 2.73. The van der Waals surface area contributed by atoms with Gasteiger partial charge in [-0.1, -0.05) is 17.7 Å². The summed E-state index contributed by atoms with van der Waals surface area (Å²) in [5, 5.41) is 5.65. The maximum atomic E-state index is 13.1. The fourth-order valence-corrected chi connectivity index (χ4v) is 2.89. The molecule has 0 radical (unpaired) electrons. The van der Waals surface area contributed by atoms with Crippen molar-refractivity contribution in [3.8, 4) is 11.3 Å². The van der Waals surface area contributed by atoms with E-state index in [1.54, 1.807) is 25.3 Å². The lowest BCUT2D eigenvalue weighted by molar-refractivity contribution is 0.0939. The van der Waals surface area contributed by atoms with E-state index in [9.17, 15) is 14.1 Å². The van der Waals surface area contributed by atoms with Gasteiger partial charge >= 0.3 is 0 Å². The van der Waals surface area contributed by atoms with Crippen molar-refractivity contribution in [2.24, 2.45) is 5.18 Å². The number of halogens is 2. The van der Waals surface area contributed by atoms with Crippen molar-refractivity contribution < 1.29 is 9.18 Å². The molecule has 8 heteroatoms. The van der Waals surface area contributed by atoms with Crippen molar-refractivity contribution in [2.45, 2.75) is 25.4 Å². The minimum Gasteiger partial charge on any atom is -0.344 e. The largest absolute Gasteiger partial charge is 0.344 e. The van der Waals surface area contributed by atoms with Gasteiger partial charge in [-0.15, -0.1) is 4.91 Å². The molecule has 3 rings (SSSR count). The van der Waals surface area contributed by atoms with Crippen molar-refractivity contribution in [2.75, 3.05) is 0 Å². The van der Waals surface area contributed by atoms with E-state index in [1.165, 1.54) is 18.2 Å². The Balaban J connectivity index is 1.93. The Hall–Kier alpha value is -3.19. The van der Waals surface area contributed by atoms with Crippen molar-refractivity contribution >= 4 is 17.5 Å². The summed E-state index contributed by atoms with van der Waals surface area (Å²) in [6.07, 6.45) is 2.80. The van der Waals surface area contributed by atoms with Crippen molar-refractivity contribution in [3.05, 3.63) is 88.0 Å². The van der Waals surface area contributed by atoms with E-state index in [1.807, 2.05) is 19.1 Å². The van der Waals surface area contributed by atoms with Crippen LogP contribution >= 0.6 is 11.6 Å². The Labute approximate surface area is 172 Å². The molecule has 0 fully saturated rings. The maximum absolute atomic E-state index is 13.1. The number of aryl methyl sites for hydroxylation is 1. The monoisotopic (exact) mass is 412 g/mol. The van der Waals surface area contributed by atoms with Gasteiger partial charge in [0.05, 0.1) is 23.6 Å². The number of rotatable bonds is 6. The van der Waals surface area contributed by atoms with Crippen LogP contribution < -0.4 is 5.32 Å². The number of benzene rings is 1. The summed E-state index contributed by atoms with van der Waals surface area (Å²) in [7, 11) is 0. The molecule has 29 heavy (non-hydrogen) atoms. The van der Waals surface area contributed by atoms with Crippen LogP contribution in [0, 0.1) is 17.6 Å². The number of hydrogen-bond acceptors (Lipinski definition) is 5. The van der Waals surface area contributed by atoms with Crippen molar-refractivity contribution in [3.63, 3.8) is 0 Å². The normalized spacial score (nSPS) is 12.8. The van der Waals surface area contributed by atoms with Gasteiger partial charge in [-0.25, -0.2) is 4.39 Å². The number of nitroso groups, excluding NO2 is 1. The highest BCUT2D eigenvalue weighted by atomic mass is 35.5. The van der Waals surface area contributed by atoms with Crippen LogP contribution in [0.25, 0.3) is 11.3 Å². The van der Waals surface area contributed by atoms with Crippen LogP contribution in [0.4, 0.5) is 4.39 Å². The Kier molecular flexibility index (Phi) is 6.29. The van der Waals surface area contributed by atoms with Crippen LogP contribution in [0.5, 0.6) is 0 Å². The van der Waals surface area contributed by atoms with Gasteiger partial charge in [0.15, 0.2) is 5.50 Å². The fraction of sp³-hybridized carbons (Fsp3) is 0.190. The molecule has 6 nitrogen and oxygen atoms in total. The molecule has 1 amide bonds. The molecule has 0 spiro atoms. The third-order valence-electron chi connectivity index (χ3n) is 4.33. The van der Waals surface area contributed by atoms with Gasteiger partial charge in [0.2, 0.25) is 0 Å². The molecule has 3 aromatic rings. The van der Waals surface area contributed by atoms with Gasteiger partial charge in [-0.3, -0.25) is 14.8 Å². The molecule has 1 unspecified atom stereocenters. The molecule has 1 N–H and O–H groups in total. The van der Waals surface area contributed by atoms with E-state index >= 15 is 0 Å². The predicted octanol–water partition coefficient (Wildman–Crippen LogP) is 5.09. The second-order valence-corrected chi connectivity index (χ2v) is 7.02. The van der Waals surface area contributed by atoms with E-state index in [2.05, 4.69) is 20.5 Å². The molecule has 2 aromatic heterocycles. The molecular weight excluding hydrogens is 395 g/mol. The van der Waals surface area contributed by atoms with E-state index in [4.69, 9.17) is 11.6 Å². The molecule has 1 aromatic carbocycles. The minimum atomic E-state index is -1.14. The summed E-state index contributed by atoms with van der Waals surface area (Å²) < 4.78 is 13.1. The number of nitrogens with one attached hydrogen (secondary N) is 1.